The number of carboxylic acids is 1. The minimum absolute atomic E-state index is 0.0721. The van der Waals surface area contributed by atoms with Crippen LogP contribution in [0.2, 0.25) is 0 Å². The van der Waals surface area contributed by atoms with E-state index in [1.54, 1.807) is 0 Å². The second-order valence-electron chi connectivity index (χ2n) is 13.0. The third kappa shape index (κ3) is 5.98. The molecular weight excluding hydrogens is 512 g/mol. The van der Waals surface area contributed by atoms with Crippen molar-refractivity contribution in [3.8, 4) is 0 Å². The molecule has 40 heavy (non-hydrogen) atoms. The summed E-state index contributed by atoms with van der Waals surface area (Å²) < 4.78 is 6.00. The van der Waals surface area contributed by atoms with Gasteiger partial charge >= 0.3 is 11.9 Å². The maximum Gasteiger partial charge on any atom is 0.326 e. The molecule has 4 rings (SSSR count). The molecule has 9 heteroatoms. The van der Waals surface area contributed by atoms with Gasteiger partial charge < -0.3 is 20.5 Å². The van der Waals surface area contributed by atoms with E-state index in [0.29, 0.717) is 37.0 Å². The summed E-state index contributed by atoms with van der Waals surface area (Å²) in [5, 5.41) is 14.2. The van der Waals surface area contributed by atoms with Gasteiger partial charge in [0, 0.05) is 18.3 Å². The molecule has 0 aliphatic heterocycles. The minimum atomic E-state index is -1.11. The Morgan fingerprint density at radius 2 is 1.77 bits per heavy atom. The summed E-state index contributed by atoms with van der Waals surface area (Å²) >= 11 is 0. The molecule has 9 nitrogen and oxygen atoms in total. The van der Waals surface area contributed by atoms with E-state index in [2.05, 4.69) is 24.5 Å². The maximum atomic E-state index is 12.8. The number of rotatable bonds is 10. The number of ether oxygens (including phenoxy) is 1. The third-order valence-corrected chi connectivity index (χ3v) is 10.7. The number of carboxylic acid groups (broad SMARTS) is 1. The average molecular weight is 559 g/mol. The van der Waals surface area contributed by atoms with Crippen molar-refractivity contribution in [3.63, 3.8) is 0 Å². The van der Waals surface area contributed by atoms with Crippen LogP contribution in [0.5, 0.6) is 0 Å². The van der Waals surface area contributed by atoms with E-state index < -0.39 is 35.8 Å². The zero-order valence-electron chi connectivity index (χ0n) is 24.4. The molecule has 3 saturated carbocycles. The number of hydrogen-bond acceptors (Lipinski definition) is 6. The largest absolute Gasteiger partial charge is 0.480 e. The number of allylic oxidation sites excluding steroid dienone is 1. The first-order valence-corrected chi connectivity index (χ1v) is 15.1. The molecule has 0 aromatic rings. The monoisotopic (exact) mass is 558 g/mol. The molecule has 0 spiro atoms. The van der Waals surface area contributed by atoms with Crippen LogP contribution in [-0.4, -0.2) is 52.8 Å². The van der Waals surface area contributed by atoms with Crippen molar-refractivity contribution in [1.29, 1.82) is 0 Å². The fraction of sp³-hybridized carbons (Fsp3) is 0.774. The molecule has 0 unspecified atom stereocenters. The van der Waals surface area contributed by atoms with Gasteiger partial charge in [-0.15, -0.1) is 0 Å². The number of ketones is 1. The van der Waals surface area contributed by atoms with Crippen molar-refractivity contribution in [2.24, 2.45) is 28.6 Å². The van der Waals surface area contributed by atoms with E-state index in [9.17, 15) is 29.1 Å². The van der Waals surface area contributed by atoms with Crippen LogP contribution in [0.25, 0.3) is 0 Å². The standard InChI is InChI=1S/C31H46N2O7/c1-5-6-24(29(38)39)33-28(37)18(2)32-26(35)11-12-27(36)40-25-10-9-22-21-8-7-19-17-20(34)13-15-30(19,3)23(21)14-16-31(22,25)4/h17-18,21-25H,5-16H2,1-4H3,(H,32,35)(H,33,37)(H,38,39)/t18-,21+,22+,23+,24+,25-,30+,31+/m1/s1. The number of hydrogen-bond donors (Lipinski definition) is 3. The number of amides is 2. The van der Waals surface area contributed by atoms with E-state index in [-0.39, 0.29) is 35.6 Å². The highest BCUT2D eigenvalue weighted by Gasteiger charge is 2.60. The van der Waals surface area contributed by atoms with Gasteiger partial charge in [0.25, 0.3) is 0 Å². The van der Waals surface area contributed by atoms with Crippen molar-refractivity contribution in [1.82, 2.24) is 10.6 Å². The summed E-state index contributed by atoms with van der Waals surface area (Å²) in [4.78, 5) is 60.9. The lowest BCUT2D eigenvalue weighted by molar-refractivity contribution is -0.160. The first-order valence-electron chi connectivity index (χ1n) is 15.1. The average Bonchev–Trinajstić information content (AvgIpc) is 3.23. The molecule has 8 atom stereocenters. The molecule has 222 valence electrons. The minimum Gasteiger partial charge on any atom is -0.480 e. The summed E-state index contributed by atoms with van der Waals surface area (Å²) in [5.74, 6) is -0.633. The predicted octanol–water partition coefficient (Wildman–Crippen LogP) is 4.08. The lowest BCUT2D eigenvalue weighted by Gasteiger charge is -2.57. The molecule has 4 aliphatic rings. The van der Waals surface area contributed by atoms with Crippen LogP contribution >= 0.6 is 0 Å². The summed E-state index contributed by atoms with van der Waals surface area (Å²) in [6, 6.07) is -1.91. The van der Waals surface area contributed by atoms with Crippen LogP contribution in [0, 0.1) is 28.6 Å². The smallest absolute Gasteiger partial charge is 0.326 e. The van der Waals surface area contributed by atoms with Gasteiger partial charge in [0.1, 0.15) is 18.2 Å². The lowest BCUT2D eigenvalue weighted by Crippen LogP contribution is -2.51. The predicted molar refractivity (Wildman–Crippen MR) is 148 cm³/mol. The molecule has 0 bridgehead atoms. The van der Waals surface area contributed by atoms with Crippen LogP contribution in [0.1, 0.15) is 105 Å². The number of fused-ring (bicyclic) bond motifs is 5. The Hall–Kier alpha value is -2.71. The summed E-state index contributed by atoms with van der Waals surface area (Å²) in [7, 11) is 0. The number of nitrogens with one attached hydrogen (secondary N) is 2. The zero-order chi connectivity index (χ0) is 29.2. The first kappa shape index (κ1) is 30.3. The Bertz CT molecular complexity index is 1070. The Morgan fingerprint density at radius 3 is 2.48 bits per heavy atom. The second-order valence-corrected chi connectivity index (χ2v) is 13.0. The normalized spacial score (nSPS) is 34.3. The number of esters is 1. The quantitative estimate of drug-likeness (QED) is 0.343. The van der Waals surface area contributed by atoms with E-state index >= 15 is 0 Å². The van der Waals surface area contributed by atoms with Crippen LogP contribution < -0.4 is 10.6 Å². The van der Waals surface area contributed by atoms with Crippen LogP contribution in [0.4, 0.5) is 0 Å². The maximum absolute atomic E-state index is 12.8. The summed E-state index contributed by atoms with van der Waals surface area (Å²) in [6.45, 7) is 7.95. The molecule has 0 saturated heterocycles. The summed E-state index contributed by atoms with van der Waals surface area (Å²) in [6.07, 6.45) is 10.1. The molecule has 0 aromatic heterocycles. The van der Waals surface area contributed by atoms with Crippen LogP contribution in [-0.2, 0) is 28.7 Å². The highest BCUT2D eigenvalue weighted by Crippen LogP contribution is 2.65. The highest BCUT2D eigenvalue weighted by molar-refractivity contribution is 5.92. The molecule has 0 heterocycles. The molecule has 3 N–H and O–H groups in total. The lowest BCUT2D eigenvalue weighted by atomic mass is 9.47. The van der Waals surface area contributed by atoms with Gasteiger partial charge in [-0.05, 0) is 87.5 Å². The van der Waals surface area contributed by atoms with Crippen molar-refractivity contribution in [3.05, 3.63) is 11.6 Å². The second kappa shape index (κ2) is 12.0. The number of aliphatic carboxylic acids is 1. The van der Waals surface area contributed by atoms with Gasteiger partial charge in [-0.3, -0.25) is 19.2 Å². The highest BCUT2D eigenvalue weighted by atomic mass is 16.5. The van der Waals surface area contributed by atoms with Gasteiger partial charge in [-0.1, -0.05) is 32.8 Å². The molecule has 4 aliphatic carbocycles. The Kier molecular flexibility index (Phi) is 9.10. The fourth-order valence-corrected chi connectivity index (χ4v) is 8.36. The third-order valence-electron chi connectivity index (χ3n) is 10.7. The van der Waals surface area contributed by atoms with Gasteiger partial charge in [0.2, 0.25) is 11.8 Å². The van der Waals surface area contributed by atoms with E-state index in [4.69, 9.17) is 4.74 Å². The van der Waals surface area contributed by atoms with Crippen LogP contribution in [0.3, 0.4) is 0 Å². The van der Waals surface area contributed by atoms with Crippen molar-refractivity contribution in [2.75, 3.05) is 0 Å². The topological polar surface area (TPSA) is 139 Å². The van der Waals surface area contributed by atoms with Gasteiger partial charge in [0.15, 0.2) is 5.78 Å². The van der Waals surface area contributed by atoms with E-state index in [1.165, 1.54) is 12.5 Å². The Morgan fingerprint density at radius 1 is 1.02 bits per heavy atom. The fourth-order valence-electron chi connectivity index (χ4n) is 8.36. The first-order chi connectivity index (χ1) is 18.9. The van der Waals surface area contributed by atoms with E-state index in [1.807, 2.05) is 13.0 Å². The Labute approximate surface area is 237 Å². The van der Waals surface area contributed by atoms with Gasteiger partial charge in [-0.25, -0.2) is 4.79 Å². The molecular formula is C31H46N2O7. The van der Waals surface area contributed by atoms with Gasteiger partial charge in [0.05, 0.1) is 6.42 Å². The molecule has 2 amide bonds. The summed E-state index contributed by atoms with van der Waals surface area (Å²) in [5.41, 5.74) is 1.38. The van der Waals surface area contributed by atoms with Gasteiger partial charge in [-0.2, -0.15) is 0 Å². The zero-order valence-corrected chi connectivity index (χ0v) is 24.4. The van der Waals surface area contributed by atoms with Crippen molar-refractivity contribution >= 4 is 29.5 Å². The van der Waals surface area contributed by atoms with E-state index in [0.717, 1.165) is 44.9 Å². The number of carbonyl (C=O) groups excluding carboxylic acids is 4. The SMILES string of the molecule is CCC[C@H](NC(=O)[C@@H](C)NC(=O)CCC(=O)O[C@@H]1CC[C@H]2[C@@H]3CCC4=CC(=O)CC[C@]4(C)[C@H]3CC[C@]12C)C(=O)O. The van der Waals surface area contributed by atoms with Crippen LogP contribution in [0.15, 0.2) is 11.6 Å². The molecule has 0 radical (unpaired) electrons. The van der Waals surface area contributed by atoms with Crippen molar-refractivity contribution < 1.29 is 33.8 Å². The molecule has 3 fully saturated rings. The number of carbonyl (C=O) groups is 5. The van der Waals surface area contributed by atoms with Crippen molar-refractivity contribution in [2.45, 2.75) is 123 Å². The molecule has 0 aromatic carbocycles. The Balaban J connectivity index is 1.27.